The predicted molar refractivity (Wildman–Crippen MR) is 114 cm³/mol. The van der Waals surface area contributed by atoms with Crippen LogP contribution in [0.1, 0.15) is 34.2 Å². The van der Waals surface area contributed by atoms with E-state index in [1.165, 1.54) is 12.1 Å². The lowest BCUT2D eigenvalue weighted by Crippen LogP contribution is -2.20. The van der Waals surface area contributed by atoms with E-state index in [4.69, 9.17) is 0 Å². The topological polar surface area (TPSA) is 72.2 Å². The van der Waals surface area contributed by atoms with Crippen LogP contribution in [0.2, 0.25) is 0 Å². The summed E-state index contributed by atoms with van der Waals surface area (Å²) in [6.07, 6.45) is 0. The molecule has 30 heavy (non-hydrogen) atoms. The highest BCUT2D eigenvalue weighted by molar-refractivity contribution is 6.07. The molecule has 7 heteroatoms. The van der Waals surface area contributed by atoms with E-state index < -0.39 is 0 Å². The zero-order valence-corrected chi connectivity index (χ0v) is 16.8. The number of aromatic nitrogens is 3. The second-order valence-electron chi connectivity index (χ2n) is 6.99. The van der Waals surface area contributed by atoms with Crippen molar-refractivity contribution in [1.29, 1.82) is 0 Å². The Morgan fingerprint density at radius 3 is 2.47 bits per heavy atom. The minimum absolute atomic E-state index is 0.323. The summed E-state index contributed by atoms with van der Waals surface area (Å²) in [7, 11) is 0. The van der Waals surface area contributed by atoms with Gasteiger partial charge in [-0.1, -0.05) is 30.3 Å². The van der Waals surface area contributed by atoms with Crippen molar-refractivity contribution in [1.82, 2.24) is 20.2 Å². The van der Waals surface area contributed by atoms with E-state index in [-0.39, 0.29) is 11.7 Å². The molecule has 1 amide bonds. The second-order valence-corrected chi connectivity index (χ2v) is 6.99. The molecular weight excluding hydrogens is 381 g/mol. The Morgan fingerprint density at radius 1 is 1.07 bits per heavy atom. The number of carbonyl (C=O) groups excluding carboxylic acids is 1. The molecule has 6 nitrogen and oxygen atoms in total. The third-order valence-electron chi connectivity index (χ3n) is 4.77. The van der Waals surface area contributed by atoms with Crippen LogP contribution in [0.5, 0.6) is 0 Å². The highest BCUT2D eigenvalue weighted by Crippen LogP contribution is 2.24. The maximum absolute atomic E-state index is 13.1. The summed E-state index contributed by atoms with van der Waals surface area (Å²) in [5.74, 6) is -0.682. The smallest absolute Gasteiger partial charge is 0.267 e. The van der Waals surface area contributed by atoms with E-state index in [0.29, 0.717) is 33.7 Å². The zero-order chi connectivity index (χ0) is 21.3. The number of aryl methyl sites for hydroxylation is 2. The van der Waals surface area contributed by atoms with Gasteiger partial charge in [0.15, 0.2) is 5.65 Å². The monoisotopic (exact) mass is 401 g/mol. The molecule has 0 saturated carbocycles. The van der Waals surface area contributed by atoms with Gasteiger partial charge >= 0.3 is 0 Å². The standard InChI is InChI=1S/C23H20FN5O/c1-14-13-20(23(30)27-26-15(2)17-9-11-18(24)12-10-17)21-16(3)28-29(22(21)25-14)19-7-5-4-6-8-19/h4-13H,1-3H3,(H,27,30)/b26-15+. The molecule has 2 heterocycles. The number of halogens is 1. The van der Waals surface area contributed by atoms with E-state index in [2.05, 4.69) is 20.6 Å². The Labute approximate surface area is 173 Å². The van der Waals surface area contributed by atoms with Gasteiger partial charge in [0, 0.05) is 5.69 Å². The lowest BCUT2D eigenvalue weighted by Gasteiger charge is -2.07. The number of rotatable bonds is 4. The fourth-order valence-electron chi connectivity index (χ4n) is 3.29. The first-order chi connectivity index (χ1) is 14.4. The predicted octanol–water partition coefficient (Wildman–Crippen LogP) is 4.33. The number of carbonyl (C=O) groups is 1. The lowest BCUT2D eigenvalue weighted by atomic mass is 10.1. The molecule has 0 aliphatic rings. The van der Waals surface area contributed by atoms with E-state index in [1.807, 2.05) is 44.2 Å². The first kappa shape index (κ1) is 19.4. The van der Waals surface area contributed by atoms with Crippen LogP contribution in [-0.2, 0) is 0 Å². The average molecular weight is 401 g/mol. The van der Waals surface area contributed by atoms with Gasteiger partial charge in [0.2, 0.25) is 0 Å². The lowest BCUT2D eigenvalue weighted by molar-refractivity contribution is 0.0956. The number of hydrogen-bond donors (Lipinski definition) is 1. The molecule has 0 atom stereocenters. The molecule has 0 unspecified atom stereocenters. The minimum atomic E-state index is -0.359. The van der Waals surface area contributed by atoms with Crippen LogP contribution in [0.3, 0.4) is 0 Å². The molecular formula is C23H20FN5O. The van der Waals surface area contributed by atoms with Crippen LogP contribution >= 0.6 is 0 Å². The Balaban J connectivity index is 1.72. The van der Waals surface area contributed by atoms with Crippen molar-refractivity contribution < 1.29 is 9.18 Å². The van der Waals surface area contributed by atoms with Crippen molar-refractivity contribution in [2.24, 2.45) is 5.10 Å². The van der Waals surface area contributed by atoms with Crippen molar-refractivity contribution >= 4 is 22.7 Å². The highest BCUT2D eigenvalue weighted by atomic mass is 19.1. The fraction of sp³-hybridized carbons (Fsp3) is 0.130. The number of nitrogens with one attached hydrogen (secondary N) is 1. The molecule has 4 aromatic rings. The Kier molecular flexibility index (Phi) is 5.10. The number of fused-ring (bicyclic) bond motifs is 1. The van der Waals surface area contributed by atoms with Crippen LogP contribution in [0.4, 0.5) is 4.39 Å². The van der Waals surface area contributed by atoms with Crippen LogP contribution < -0.4 is 5.43 Å². The number of nitrogens with zero attached hydrogens (tertiary/aromatic N) is 4. The molecule has 0 bridgehead atoms. The largest absolute Gasteiger partial charge is 0.272 e. The van der Waals surface area contributed by atoms with E-state index >= 15 is 0 Å². The maximum Gasteiger partial charge on any atom is 0.272 e. The van der Waals surface area contributed by atoms with Gasteiger partial charge in [-0.25, -0.2) is 19.5 Å². The van der Waals surface area contributed by atoms with Crippen LogP contribution in [0.25, 0.3) is 16.7 Å². The molecule has 0 saturated heterocycles. The van der Waals surface area contributed by atoms with Gasteiger partial charge in [0.05, 0.1) is 28.0 Å². The van der Waals surface area contributed by atoms with Gasteiger partial charge in [-0.3, -0.25) is 4.79 Å². The molecule has 0 aliphatic heterocycles. The molecule has 2 aromatic heterocycles. The molecule has 4 rings (SSSR count). The third kappa shape index (κ3) is 3.69. The summed E-state index contributed by atoms with van der Waals surface area (Å²) >= 11 is 0. The van der Waals surface area contributed by atoms with E-state index in [0.717, 1.165) is 11.3 Å². The Hall–Kier alpha value is -3.87. The summed E-state index contributed by atoms with van der Waals surface area (Å²) in [4.78, 5) is 17.6. The van der Waals surface area contributed by atoms with Crippen LogP contribution in [0.15, 0.2) is 65.8 Å². The number of benzene rings is 2. The molecule has 150 valence electrons. The van der Waals surface area contributed by atoms with Gasteiger partial charge in [-0.05, 0) is 56.7 Å². The Bertz CT molecular complexity index is 1260. The van der Waals surface area contributed by atoms with Gasteiger partial charge in [-0.15, -0.1) is 0 Å². The molecule has 2 aromatic carbocycles. The molecule has 0 spiro atoms. The minimum Gasteiger partial charge on any atom is -0.267 e. The normalized spacial score (nSPS) is 11.7. The number of para-hydroxylation sites is 1. The number of hydrazone groups is 1. The van der Waals surface area contributed by atoms with Crippen molar-refractivity contribution in [3.8, 4) is 5.69 Å². The number of pyridine rings is 1. The zero-order valence-electron chi connectivity index (χ0n) is 16.8. The van der Waals surface area contributed by atoms with Crippen LogP contribution in [-0.4, -0.2) is 26.4 Å². The Morgan fingerprint density at radius 2 is 1.77 bits per heavy atom. The third-order valence-corrected chi connectivity index (χ3v) is 4.77. The summed E-state index contributed by atoms with van der Waals surface area (Å²) in [6, 6.07) is 17.3. The highest BCUT2D eigenvalue weighted by Gasteiger charge is 2.19. The molecule has 0 aliphatic carbocycles. The summed E-state index contributed by atoms with van der Waals surface area (Å²) in [6.45, 7) is 5.43. The van der Waals surface area contributed by atoms with Gasteiger partial charge < -0.3 is 0 Å². The maximum atomic E-state index is 13.1. The molecule has 0 fully saturated rings. The SMILES string of the molecule is C/C(=N\NC(=O)c1cc(C)nc2c1c(C)nn2-c1ccccc1)c1ccc(F)cc1. The first-order valence-corrected chi connectivity index (χ1v) is 9.47. The average Bonchev–Trinajstić information content (AvgIpc) is 3.08. The summed E-state index contributed by atoms with van der Waals surface area (Å²) in [5, 5.41) is 9.45. The number of hydrogen-bond acceptors (Lipinski definition) is 4. The quantitative estimate of drug-likeness (QED) is 0.409. The molecule has 1 N–H and O–H groups in total. The van der Waals surface area contributed by atoms with Gasteiger partial charge in [0.1, 0.15) is 5.82 Å². The first-order valence-electron chi connectivity index (χ1n) is 9.47. The molecule has 0 radical (unpaired) electrons. The second kappa shape index (κ2) is 7.87. The summed E-state index contributed by atoms with van der Waals surface area (Å²) in [5.41, 5.74) is 7.22. The van der Waals surface area contributed by atoms with Crippen molar-refractivity contribution in [3.05, 3.63) is 89.0 Å². The van der Waals surface area contributed by atoms with E-state index in [9.17, 15) is 9.18 Å². The van der Waals surface area contributed by atoms with Gasteiger partial charge in [-0.2, -0.15) is 10.2 Å². The fourth-order valence-corrected chi connectivity index (χ4v) is 3.29. The van der Waals surface area contributed by atoms with Crippen molar-refractivity contribution in [2.45, 2.75) is 20.8 Å². The van der Waals surface area contributed by atoms with Crippen LogP contribution in [0, 0.1) is 19.7 Å². The summed E-state index contributed by atoms with van der Waals surface area (Å²) < 4.78 is 14.8. The van der Waals surface area contributed by atoms with Crippen molar-refractivity contribution in [3.63, 3.8) is 0 Å². The van der Waals surface area contributed by atoms with Crippen molar-refractivity contribution in [2.75, 3.05) is 0 Å². The van der Waals surface area contributed by atoms with Gasteiger partial charge in [0.25, 0.3) is 5.91 Å². The number of amides is 1. The van der Waals surface area contributed by atoms with E-state index in [1.54, 1.807) is 29.8 Å².